The molecule has 2 N–H and O–H groups in total. The third-order valence-electron chi connectivity index (χ3n) is 5.82. The zero-order chi connectivity index (χ0) is 18.6. The van der Waals surface area contributed by atoms with Gasteiger partial charge in [-0.25, -0.2) is 0 Å². The Kier molecular flexibility index (Phi) is 10.3. The van der Waals surface area contributed by atoms with Gasteiger partial charge in [0.05, 0.1) is 6.54 Å². The van der Waals surface area contributed by atoms with Gasteiger partial charge in [0.1, 0.15) is 0 Å². The van der Waals surface area contributed by atoms with E-state index in [4.69, 9.17) is 4.99 Å². The molecule has 2 saturated heterocycles. The second-order valence-corrected chi connectivity index (χ2v) is 7.55. The fourth-order valence-corrected chi connectivity index (χ4v) is 4.05. The van der Waals surface area contributed by atoms with Crippen LogP contribution in [0, 0.1) is 0 Å². The fraction of sp³-hybridized carbons (Fsp3) is 0.950. The molecule has 1 unspecified atom stereocenters. The third-order valence-corrected chi connectivity index (χ3v) is 5.82. The second kappa shape index (κ2) is 12.5. The van der Waals surface area contributed by atoms with Crippen LogP contribution in [-0.4, -0.2) is 98.7 Å². The molecule has 2 fully saturated rings. The molecule has 0 aliphatic carbocycles. The number of likely N-dealkylation sites (tertiary alicyclic amines) is 1. The normalized spacial score (nSPS) is 23.5. The van der Waals surface area contributed by atoms with Gasteiger partial charge in [0.25, 0.3) is 0 Å². The van der Waals surface area contributed by atoms with Crippen molar-refractivity contribution in [3.63, 3.8) is 0 Å². The van der Waals surface area contributed by atoms with Crippen molar-refractivity contribution >= 4 is 5.96 Å². The first-order valence-electron chi connectivity index (χ1n) is 11.0. The predicted molar refractivity (Wildman–Crippen MR) is 112 cm³/mol. The third kappa shape index (κ3) is 7.41. The lowest BCUT2D eigenvalue weighted by Crippen LogP contribution is -2.46. The highest BCUT2D eigenvalue weighted by atomic mass is 15.3. The van der Waals surface area contributed by atoms with E-state index in [0.29, 0.717) is 6.04 Å². The molecule has 2 aliphatic heterocycles. The van der Waals surface area contributed by atoms with Gasteiger partial charge in [-0.05, 0) is 58.8 Å². The van der Waals surface area contributed by atoms with E-state index in [1.54, 1.807) is 0 Å². The van der Waals surface area contributed by atoms with Crippen LogP contribution in [0.15, 0.2) is 4.99 Å². The molecule has 2 aliphatic rings. The van der Waals surface area contributed by atoms with E-state index in [-0.39, 0.29) is 0 Å². The fourth-order valence-electron chi connectivity index (χ4n) is 4.05. The Morgan fingerprint density at radius 3 is 2.38 bits per heavy atom. The minimum Gasteiger partial charge on any atom is -0.357 e. The van der Waals surface area contributed by atoms with Gasteiger partial charge in [-0.1, -0.05) is 13.8 Å². The van der Waals surface area contributed by atoms with Crippen LogP contribution >= 0.6 is 0 Å². The average molecular weight is 367 g/mol. The minimum atomic E-state index is 0.636. The van der Waals surface area contributed by atoms with Crippen LogP contribution in [0.1, 0.15) is 46.5 Å². The molecule has 0 amide bonds. The SMILES string of the molecule is CCNC(=NCC1CCCN1CC)NCCCCN1CCN(CC)CC1. The number of piperazine rings is 1. The quantitative estimate of drug-likeness (QED) is 0.348. The molecular weight excluding hydrogens is 324 g/mol. The zero-order valence-corrected chi connectivity index (χ0v) is 17.5. The summed E-state index contributed by atoms with van der Waals surface area (Å²) in [6, 6.07) is 0.636. The average Bonchev–Trinajstić information content (AvgIpc) is 3.13. The van der Waals surface area contributed by atoms with Gasteiger partial charge in [0.2, 0.25) is 0 Å². The summed E-state index contributed by atoms with van der Waals surface area (Å²) >= 11 is 0. The summed E-state index contributed by atoms with van der Waals surface area (Å²) in [5, 5.41) is 6.92. The van der Waals surface area contributed by atoms with Crippen molar-refractivity contribution in [2.75, 3.05) is 72.0 Å². The van der Waals surface area contributed by atoms with Crippen molar-refractivity contribution in [1.82, 2.24) is 25.3 Å². The summed E-state index contributed by atoms with van der Waals surface area (Å²) in [5.41, 5.74) is 0. The predicted octanol–water partition coefficient (Wildman–Crippen LogP) is 1.44. The standard InChI is InChI=1S/C20H42N6/c1-4-21-20(23-18-19-10-9-13-26(19)6-3)22-11-7-8-12-25-16-14-24(5-2)15-17-25/h19H,4-18H2,1-3H3,(H2,21,22,23). The molecule has 0 aromatic carbocycles. The van der Waals surface area contributed by atoms with Gasteiger partial charge in [0, 0.05) is 45.3 Å². The number of guanidine groups is 1. The van der Waals surface area contributed by atoms with Gasteiger partial charge in [-0.2, -0.15) is 0 Å². The van der Waals surface area contributed by atoms with Crippen LogP contribution < -0.4 is 10.6 Å². The van der Waals surface area contributed by atoms with Gasteiger partial charge >= 0.3 is 0 Å². The Morgan fingerprint density at radius 2 is 1.69 bits per heavy atom. The molecular formula is C20H42N6. The van der Waals surface area contributed by atoms with Gasteiger partial charge in [0.15, 0.2) is 5.96 Å². The summed E-state index contributed by atoms with van der Waals surface area (Å²) in [6.07, 6.45) is 5.10. The lowest BCUT2D eigenvalue weighted by Gasteiger charge is -2.34. The Labute approximate surface area is 161 Å². The van der Waals surface area contributed by atoms with Crippen LogP contribution in [0.2, 0.25) is 0 Å². The maximum absolute atomic E-state index is 4.84. The number of hydrogen-bond acceptors (Lipinski definition) is 4. The van der Waals surface area contributed by atoms with Crippen molar-refractivity contribution in [2.45, 2.75) is 52.5 Å². The molecule has 2 rings (SSSR count). The lowest BCUT2D eigenvalue weighted by molar-refractivity contribution is 0.136. The zero-order valence-electron chi connectivity index (χ0n) is 17.5. The number of rotatable bonds is 10. The Bertz CT molecular complexity index is 392. The summed E-state index contributed by atoms with van der Waals surface area (Å²) in [5.74, 6) is 0.993. The van der Waals surface area contributed by atoms with Crippen molar-refractivity contribution < 1.29 is 0 Å². The van der Waals surface area contributed by atoms with Crippen molar-refractivity contribution in [3.05, 3.63) is 0 Å². The van der Waals surface area contributed by atoms with Crippen LogP contribution in [-0.2, 0) is 0 Å². The largest absolute Gasteiger partial charge is 0.357 e. The van der Waals surface area contributed by atoms with Crippen LogP contribution in [0.4, 0.5) is 0 Å². The Balaban J connectivity index is 1.60. The van der Waals surface area contributed by atoms with E-state index in [1.165, 1.54) is 71.5 Å². The number of unbranched alkanes of at least 4 members (excludes halogenated alkanes) is 1. The number of hydrogen-bond donors (Lipinski definition) is 2. The van der Waals surface area contributed by atoms with E-state index in [1.807, 2.05) is 0 Å². The highest BCUT2D eigenvalue weighted by Crippen LogP contribution is 2.16. The first-order chi connectivity index (χ1) is 12.8. The first kappa shape index (κ1) is 21.5. The first-order valence-corrected chi connectivity index (χ1v) is 11.0. The van der Waals surface area contributed by atoms with E-state index >= 15 is 0 Å². The van der Waals surface area contributed by atoms with E-state index in [2.05, 4.69) is 46.1 Å². The molecule has 6 heteroatoms. The summed E-state index contributed by atoms with van der Waals surface area (Å²) < 4.78 is 0. The van der Waals surface area contributed by atoms with Crippen molar-refractivity contribution in [2.24, 2.45) is 4.99 Å². The Morgan fingerprint density at radius 1 is 0.923 bits per heavy atom. The summed E-state index contributed by atoms with van der Waals surface area (Å²) in [6.45, 7) is 19.3. The van der Waals surface area contributed by atoms with E-state index in [9.17, 15) is 0 Å². The summed E-state index contributed by atoms with van der Waals surface area (Å²) in [7, 11) is 0. The molecule has 0 spiro atoms. The smallest absolute Gasteiger partial charge is 0.191 e. The summed E-state index contributed by atoms with van der Waals surface area (Å²) in [4.78, 5) is 12.6. The molecule has 26 heavy (non-hydrogen) atoms. The lowest BCUT2D eigenvalue weighted by atomic mass is 10.2. The van der Waals surface area contributed by atoms with Crippen LogP contribution in [0.25, 0.3) is 0 Å². The van der Waals surface area contributed by atoms with Crippen molar-refractivity contribution in [1.29, 1.82) is 0 Å². The van der Waals surface area contributed by atoms with Gasteiger partial charge in [-0.15, -0.1) is 0 Å². The maximum Gasteiger partial charge on any atom is 0.191 e. The highest BCUT2D eigenvalue weighted by Gasteiger charge is 2.22. The molecule has 2 heterocycles. The van der Waals surface area contributed by atoms with Crippen molar-refractivity contribution in [3.8, 4) is 0 Å². The maximum atomic E-state index is 4.84. The highest BCUT2D eigenvalue weighted by molar-refractivity contribution is 5.79. The molecule has 0 aromatic rings. The van der Waals surface area contributed by atoms with Gasteiger partial charge < -0.3 is 20.4 Å². The topological polar surface area (TPSA) is 46.1 Å². The number of nitrogens with zero attached hydrogens (tertiary/aromatic N) is 4. The molecule has 0 aromatic heterocycles. The molecule has 0 saturated carbocycles. The minimum absolute atomic E-state index is 0.636. The van der Waals surface area contributed by atoms with E-state index in [0.717, 1.165) is 32.1 Å². The van der Waals surface area contributed by atoms with Crippen LogP contribution in [0.3, 0.4) is 0 Å². The number of nitrogens with one attached hydrogen (secondary N) is 2. The second-order valence-electron chi connectivity index (χ2n) is 7.55. The molecule has 152 valence electrons. The molecule has 0 radical (unpaired) electrons. The molecule has 6 nitrogen and oxygen atoms in total. The monoisotopic (exact) mass is 366 g/mol. The molecule has 0 bridgehead atoms. The van der Waals surface area contributed by atoms with Crippen LogP contribution in [0.5, 0.6) is 0 Å². The molecule has 1 atom stereocenters. The number of aliphatic imine (C=N–C) groups is 1. The van der Waals surface area contributed by atoms with E-state index < -0.39 is 0 Å². The number of likely N-dealkylation sites (N-methyl/N-ethyl adjacent to an activating group) is 2. The Hall–Kier alpha value is -0.850. The van der Waals surface area contributed by atoms with Gasteiger partial charge in [-0.3, -0.25) is 9.89 Å².